The summed E-state index contributed by atoms with van der Waals surface area (Å²) in [5.74, 6) is -0.409. The summed E-state index contributed by atoms with van der Waals surface area (Å²) >= 11 is 0. The Morgan fingerprint density at radius 1 is 0.815 bits per heavy atom. The number of hydrogen-bond acceptors (Lipinski definition) is 10. The van der Waals surface area contributed by atoms with Crippen LogP contribution in [0.2, 0.25) is 0 Å². The van der Waals surface area contributed by atoms with Gasteiger partial charge in [-0.05, 0) is 6.54 Å². The molecule has 0 saturated carbocycles. The van der Waals surface area contributed by atoms with Crippen LogP contribution in [0.15, 0.2) is 0 Å². The Bertz CT molecular complexity index is 429. The molecule has 0 aliphatic carbocycles. The van der Waals surface area contributed by atoms with Crippen LogP contribution in [-0.2, 0) is 9.59 Å². The molecule has 0 spiro atoms. The maximum absolute atomic E-state index is 11.7. The van der Waals surface area contributed by atoms with Crippen LogP contribution in [0.1, 0.15) is 26.2 Å². The van der Waals surface area contributed by atoms with E-state index in [1.165, 1.54) is 0 Å². The van der Waals surface area contributed by atoms with E-state index in [4.69, 9.17) is 29.4 Å². The molecule has 12 nitrogen and oxygen atoms in total. The molecule has 0 unspecified atom stereocenters. The average Bonchev–Trinajstić information content (AvgIpc) is 2.48. The summed E-state index contributed by atoms with van der Waals surface area (Å²) in [4.78, 5) is 78.9. The van der Waals surface area contributed by atoms with Crippen molar-refractivity contribution in [2.24, 2.45) is 0 Å². The topological polar surface area (TPSA) is 195 Å². The molecule has 0 aromatic heterocycles. The first-order valence-corrected chi connectivity index (χ1v) is 12.8. The van der Waals surface area contributed by atoms with E-state index in [1.807, 2.05) is 6.92 Å². The predicted octanol–water partition coefficient (Wildman–Crippen LogP) is -2.84. The van der Waals surface area contributed by atoms with E-state index in [0.29, 0.717) is 19.5 Å². The van der Waals surface area contributed by atoms with Crippen LogP contribution in [0.25, 0.3) is 0 Å². The van der Waals surface area contributed by atoms with E-state index < -0.39 is 28.5 Å². The van der Waals surface area contributed by atoms with Crippen molar-refractivity contribution in [3.63, 3.8) is 0 Å². The van der Waals surface area contributed by atoms with Crippen LogP contribution in [0.4, 0.5) is 0 Å². The zero-order chi connectivity index (χ0) is 20.9. The molecule has 0 aliphatic rings. The van der Waals surface area contributed by atoms with Crippen LogP contribution in [0.5, 0.6) is 0 Å². The summed E-state index contributed by atoms with van der Waals surface area (Å²) in [6.07, 6.45) is -0.559. The van der Waals surface area contributed by atoms with Crippen molar-refractivity contribution in [2.75, 3.05) is 45.3 Å². The third-order valence-electron chi connectivity index (χ3n) is 3.30. The average molecular weight is 436 g/mol. The second-order valence-corrected chi connectivity index (χ2v) is 9.90. The molecule has 0 radical (unpaired) electrons. The van der Waals surface area contributed by atoms with Gasteiger partial charge in [0.25, 0.3) is 0 Å². The van der Waals surface area contributed by atoms with Crippen LogP contribution < -0.4 is 16.0 Å². The van der Waals surface area contributed by atoms with Crippen LogP contribution in [0, 0.1) is 0 Å². The Morgan fingerprint density at radius 3 is 1.74 bits per heavy atom. The van der Waals surface area contributed by atoms with Gasteiger partial charge in [-0.2, -0.15) is 0 Å². The van der Waals surface area contributed by atoms with E-state index in [1.54, 1.807) is 0 Å². The monoisotopic (exact) mass is 436 g/mol. The SMILES string of the molecule is CCNCCC(=O)NCCNC(=O)CCCN(C[PH](O)(O)O)C[PH](O)(O)O. The summed E-state index contributed by atoms with van der Waals surface area (Å²) in [5, 5.41) is 8.30. The standard InChI is InChI=1S/C13H34N4O8P2/c1-2-14-6-5-13(19)16-8-7-15-12(18)4-3-9-17(10-26(20,21)22)11-27(23,24)25/h14,20-27H,2-11H2,1H3,(H,15,18)(H,16,19). The molecule has 0 atom stereocenters. The van der Waals surface area contributed by atoms with Crippen LogP contribution in [-0.4, -0.2) is 91.4 Å². The van der Waals surface area contributed by atoms with Gasteiger partial charge in [0.1, 0.15) is 0 Å². The Labute approximate surface area is 159 Å². The molecule has 0 heterocycles. The van der Waals surface area contributed by atoms with Gasteiger partial charge < -0.3 is 5.32 Å². The number of rotatable bonds is 15. The fourth-order valence-electron chi connectivity index (χ4n) is 2.24. The molecule has 27 heavy (non-hydrogen) atoms. The van der Waals surface area contributed by atoms with Crippen molar-refractivity contribution in [1.82, 2.24) is 20.9 Å². The molecule has 14 heteroatoms. The van der Waals surface area contributed by atoms with Gasteiger partial charge in [-0.25, -0.2) is 0 Å². The third-order valence-corrected chi connectivity index (χ3v) is 5.04. The normalized spacial score (nSPS) is 13.5. The molecule has 0 aromatic rings. The molecule has 0 rings (SSSR count). The van der Waals surface area contributed by atoms with Gasteiger partial charge in [0, 0.05) is 6.54 Å². The summed E-state index contributed by atoms with van der Waals surface area (Å²) in [7, 11) is -8.95. The van der Waals surface area contributed by atoms with Crippen molar-refractivity contribution >= 4 is 27.7 Å². The van der Waals surface area contributed by atoms with E-state index in [2.05, 4.69) is 16.0 Å². The Kier molecular flexibility index (Phi) is 13.4. The maximum atomic E-state index is 11.7. The van der Waals surface area contributed by atoms with Crippen molar-refractivity contribution < 1.29 is 38.9 Å². The van der Waals surface area contributed by atoms with Crippen molar-refractivity contribution in [3.05, 3.63) is 0 Å². The first-order chi connectivity index (χ1) is 12.4. The second kappa shape index (κ2) is 13.6. The minimum atomic E-state index is -4.48. The van der Waals surface area contributed by atoms with Gasteiger partial charge in [0.2, 0.25) is 0 Å². The summed E-state index contributed by atoms with van der Waals surface area (Å²) in [5.41, 5.74) is 0. The summed E-state index contributed by atoms with van der Waals surface area (Å²) in [6.45, 7) is 3.92. The van der Waals surface area contributed by atoms with Crippen molar-refractivity contribution in [3.8, 4) is 0 Å². The zero-order valence-electron chi connectivity index (χ0n) is 15.5. The van der Waals surface area contributed by atoms with E-state index >= 15 is 0 Å². The number of hydrogen-bond donors (Lipinski definition) is 9. The molecular weight excluding hydrogens is 402 g/mol. The molecule has 0 aromatic carbocycles. The molecule has 2 amide bonds. The molecule has 9 N–H and O–H groups in total. The quantitative estimate of drug-likeness (QED) is 0.0953. The summed E-state index contributed by atoms with van der Waals surface area (Å²) < 4.78 is 0. The molecule has 0 saturated heterocycles. The number of nitrogens with zero attached hydrogens (tertiary/aromatic N) is 1. The van der Waals surface area contributed by atoms with E-state index in [9.17, 15) is 9.59 Å². The van der Waals surface area contributed by atoms with Gasteiger partial charge in [-0.15, -0.1) is 0 Å². The number of nitrogens with one attached hydrogen (secondary N) is 3. The molecular formula is C13H34N4O8P2. The van der Waals surface area contributed by atoms with Gasteiger partial charge in [-0.3, -0.25) is 0 Å². The van der Waals surface area contributed by atoms with Gasteiger partial charge in [0.05, 0.1) is 0 Å². The molecule has 0 bridgehead atoms. The van der Waals surface area contributed by atoms with Crippen molar-refractivity contribution in [2.45, 2.75) is 26.2 Å². The zero-order valence-corrected chi connectivity index (χ0v) is 17.5. The Balaban J connectivity index is 3.99. The van der Waals surface area contributed by atoms with Crippen LogP contribution >= 0.6 is 15.9 Å². The predicted molar refractivity (Wildman–Crippen MR) is 105 cm³/mol. The van der Waals surface area contributed by atoms with Crippen LogP contribution in [0.3, 0.4) is 0 Å². The number of amides is 2. The fourth-order valence-corrected chi connectivity index (χ4v) is 4.20. The van der Waals surface area contributed by atoms with E-state index in [0.717, 1.165) is 11.4 Å². The first-order valence-electron chi connectivity index (χ1n) is 8.73. The van der Waals surface area contributed by atoms with Gasteiger partial charge in [0.15, 0.2) is 0 Å². The van der Waals surface area contributed by atoms with Crippen molar-refractivity contribution in [1.29, 1.82) is 0 Å². The van der Waals surface area contributed by atoms with Gasteiger partial charge in [-0.1, -0.05) is 6.92 Å². The number of carbonyl (C=O) groups is 2. The third kappa shape index (κ3) is 18.6. The second-order valence-electron chi connectivity index (χ2n) is 6.17. The Morgan fingerprint density at radius 2 is 1.30 bits per heavy atom. The first kappa shape index (κ1) is 26.5. The van der Waals surface area contributed by atoms with Gasteiger partial charge >= 0.3 is 134 Å². The molecule has 0 fully saturated rings. The minimum absolute atomic E-state index is 0.0431. The fraction of sp³-hybridized carbons (Fsp3) is 0.846. The molecule has 164 valence electrons. The Hall–Kier alpha value is -0.520. The summed E-state index contributed by atoms with van der Waals surface area (Å²) in [6, 6.07) is 0. The molecule has 0 aliphatic heterocycles. The van der Waals surface area contributed by atoms with E-state index in [-0.39, 0.29) is 37.7 Å². The number of carbonyl (C=O) groups excluding carboxylic acids is 2.